The van der Waals surface area contributed by atoms with Crippen LogP contribution in [0.5, 0.6) is 0 Å². The summed E-state index contributed by atoms with van der Waals surface area (Å²) in [5, 5.41) is 17.5. The Morgan fingerprint density at radius 3 is 2.87 bits per heavy atom. The Balaban J connectivity index is 1.64. The molecule has 0 saturated heterocycles. The van der Waals surface area contributed by atoms with Crippen LogP contribution in [-0.2, 0) is 5.41 Å². The van der Waals surface area contributed by atoms with Gasteiger partial charge < -0.3 is 15.1 Å². The SMILES string of the molecule is C[C@@H]1CNc2c(oc3ccc4nc(-c5ccc(C(C)(C)C#N)s5)ccc4c23)C(=O)N1. The van der Waals surface area contributed by atoms with Crippen LogP contribution in [0.15, 0.2) is 40.8 Å². The Morgan fingerprint density at radius 2 is 2.07 bits per heavy atom. The molecule has 0 saturated carbocycles. The second-order valence-corrected chi connectivity index (χ2v) is 9.25. The molecule has 5 rings (SSSR count). The van der Waals surface area contributed by atoms with Gasteiger partial charge in [-0.25, -0.2) is 4.98 Å². The fourth-order valence-electron chi connectivity index (χ4n) is 3.73. The zero-order valence-electron chi connectivity index (χ0n) is 16.9. The van der Waals surface area contributed by atoms with E-state index in [1.807, 2.05) is 57.2 Å². The molecule has 4 aromatic rings. The monoisotopic (exact) mass is 416 g/mol. The molecule has 3 aromatic heterocycles. The number of aromatic nitrogens is 1. The van der Waals surface area contributed by atoms with Crippen LogP contribution >= 0.6 is 11.3 Å². The molecule has 7 heteroatoms. The molecule has 1 aromatic carbocycles. The first-order valence-corrected chi connectivity index (χ1v) is 10.6. The first-order valence-electron chi connectivity index (χ1n) is 9.80. The topological polar surface area (TPSA) is 91.0 Å². The molecule has 0 bridgehead atoms. The zero-order chi connectivity index (χ0) is 21.0. The zero-order valence-corrected chi connectivity index (χ0v) is 17.7. The number of carbonyl (C=O) groups is 1. The number of nitriles is 1. The van der Waals surface area contributed by atoms with Gasteiger partial charge in [-0.15, -0.1) is 11.3 Å². The molecule has 2 N–H and O–H groups in total. The molecule has 0 unspecified atom stereocenters. The summed E-state index contributed by atoms with van der Waals surface area (Å²) < 4.78 is 5.88. The van der Waals surface area contributed by atoms with Crippen molar-refractivity contribution in [3.63, 3.8) is 0 Å². The van der Waals surface area contributed by atoms with Crippen molar-refractivity contribution in [3.8, 4) is 16.6 Å². The molecule has 1 amide bonds. The molecule has 0 aliphatic carbocycles. The number of pyridine rings is 1. The summed E-state index contributed by atoms with van der Waals surface area (Å²) in [4.78, 5) is 19.4. The Hall–Kier alpha value is -3.37. The number of hydrogen-bond acceptors (Lipinski definition) is 6. The minimum Gasteiger partial charge on any atom is -0.449 e. The van der Waals surface area contributed by atoms with Crippen LogP contribution < -0.4 is 10.6 Å². The molecular weight excluding hydrogens is 396 g/mol. The van der Waals surface area contributed by atoms with E-state index in [9.17, 15) is 10.1 Å². The number of amides is 1. The number of carbonyl (C=O) groups excluding carboxylic acids is 1. The van der Waals surface area contributed by atoms with Crippen LogP contribution in [0, 0.1) is 11.3 Å². The molecule has 0 spiro atoms. The maximum absolute atomic E-state index is 12.5. The van der Waals surface area contributed by atoms with Crippen LogP contribution in [0.25, 0.3) is 32.4 Å². The van der Waals surface area contributed by atoms with Crippen molar-refractivity contribution in [2.24, 2.45) is 0 Å². The molecule has 30 heavy (non-hydrogen) atoms. The van der Waals surface area contributed by atoms with Crippen molar-refractivity contribution < 1.29 is 9.21 Å². The summed E-state index contributed by atoms with van der Waals surface area (Å²) in [7, 11) is 0. The van der Waals surface area contributed by atoms with Gasteiger partial charge in [0.05, 0.1) is 38.6 Å². The predicted octanol–water partition coefficient (Wildman–Crippen LogP) is 5.05. The lowest BCUT2D eigenvalue weighted by Gasteiger charge is -2.11. The standard InChI is InChI=1S/C23H20N4O2S/c1-12-10-25-20-19-13-4-5-15(17-8-9-18(30-17)23(2,3)11-24)27-14(13)6-7-16(19)29-21(20)22(28)26-12/h4-9,12,25H,10H2,1-3H3,(H,26,28)/t12-/m1/s1. The van der Waals surface area contributed by atoms with Gasteiger partial charge in [-0.05, 0) is 57.2 Å². The Labute approximate surface area is 177 Å². The van der Waals surface area contributed by atoms with Crippen LogP contribution in [0.4, 0.5) is 5.69 Å². The number of thiophene rings is 1. The second-order valence-electron chi connectivity index (χ2n) is 8.16. The van der Waals surface area contributed by atoms with Gasteiger partial charge >= 0.3 is 0 Å². The highest BCUT2D eigenvalue weighted by atomic mass is 32.1. The molecule has 0 fully saturated rings. The largest absolute Gasteiger partial charge is 0.449 e. The van der Waals surface area contributed by atoms with Crippen molar-refractivity contribution in [2.75, 3.05) is 11.9 Å². The average molecular weight is 417 g/mol. The molecule has 6 nitrogen and oxygen atoms in total. The summed E-state index contributed by atoms with van der Waals surface area (Å²) in [5.74, 6) is 0.107. The number of nitrogens with zero attached hydrogens (tertiary/aromatic N) is 2. The van der Waals surface area contributed by atoms with E-state index in [1.165, 1.54) is 0 Å². The number of furan rings is 1. The number of rotatable bonds is 2. The Kier molecular flexibility index (Phi) is 4.09. The fraction of sp³-hybridized carbons (Fsp3) is 0.261. The minimum atomic E-state index is -0.524. The van der Waals surface area contributed by atoms with Crippen LogP contribution in [-0.4, -0.2) is 23.5 Å². The van der Waals surface area contributed by atoms with Crippen molar-refractivity contribution in [1.82, 2.24) is 10.3 Å². The third-order valence-corrected chi connectivity index (χ3v) is 6.88. The predicted molar refractivity (Wildman–Crippen MR) is 119 cm³/mol. The first kappa shape index (κ1) is 18.6. The van der Waals surface area contributed by atoms with E-state index in [2.05, 4.69) is 16.7 Å². The van der Waals surface area contributed by atoms with Crippen LogP contribution in [0.1, 0.15) is 36.2 Å². The van der Waals surface area contributed by atoms with Crippen molar-refractivity contribution in [2.45, 2.75) is 32.2 Å². The first-order chi connectivity index (χ1) is 14.4. The van der Waals surface area contributed by atoms with Gasteiger partial charge in [0.2, 0.25) is 5.76 Å². The highest BCUT2D eigenvalue weighted by molar-refractivity contribution is 7.15. The Morgan fingerprint density at radius 1 is 1.23 bits per heavy atom. The lowest BCUT2D eigenvalue weighted by atomic mass is 9.94. The van der Waals surface area contributed by atoms with Crippen molar-refractivity contribution in [3.05, 3.63) is 47.0 Å². The summed E-state index contributed by atoms with van der Waals surface area (Å²) in [6.07, 6.45) is 0. The lowest BCUT2D eigenvalue weighted by molar-refractivity contribution is 0.0920. The quantitative estimate of drug-likeness (QED) is 0.477. The summed E-state index contributed by atoms with van der Waals surface area (Å²) in [5.41, 5.74) is 2.55. The third-order valence-electron chi connectivity index (χ3n) is 5.44. The number of benzene rings is 1. The second kappa shape index (κ2) is 6.57. The highest BCUT2D eigenvalue weighted by Crippen LogP contribution is 2.39. The van der Waals surface area contributed by atoms with Gasteiger partial charge in [0.25, 0.3) is 5.91 Å². The molecule has 4 heterocycles. The smallest absolute Gasteiger partial charge is 0.289 e. The van der Waals surface area contributed by atoms with E-state index < -0.39 is 5.41 Å². The molecule has 1 aliphatic heterocycles. The molecule has 0 radical (unpaired) electrons. The van der Waals surface area contributed by atoms with Gasteiger partial charge in [0.1, 0.15) is 5.58 Å². The van der Waals surface area contributed by atoms with E-state index in [0.717, 1.165) is 37.4 Å². The van der Waals surface area contributed by atoms with Crippen molar-refractivity contribution >= 4 is 44.8 Å². The third kappa shape index (κ3) is 2.84. The minimum absolute atomic E-state index is 0.0144. The fourth-order valence-corrected chi connectivity index (χ4v) is 4.76. The molecule has 1 atom stereocenters. The van der Waals surface area contributed by atoms with Crippen molar-refractivity contribution in [1.29, 1.82) is 5.26 Å². The number of anilines is 1. The van der Waals surface area contributed by atoms with E-state index in [4.69, 9.17) is 9.40 Å². The molecule has 1 aliphatic rings. The van der Waals surface area contributed by atoms with Crippen LogP contribution in [0.2, 0.25) is 0 Å². The summed E-state index contributed by atoms with van der Waals surface area (Å²) in [6.45, 7) is 6.42. The van der Waals surface area contributed by atoms with Crippen LogP contribution in [0.3, 0.4) is 0 Å². The van der Waals surface area contributed by atoms with Gasteiger partial charge in [0, 0.05) is 22.8 Å². The highest BCUT2D eigenvalue weighted by Gasteiger charge is 2.27. The lowest BCUT2D eigenvalue weighted by Crippen LogP contribution is -2.34. The maximum Gasteiger partial charge on any atom is 0.289 e. The number of nitrogens with one attached hydrogen (secondary N) is 2. The number of fused-ring (bicyclic) bond motifs is 5. The maximum atomic E-state index is 12.5. The van der Waals surface area contributed by atoms with Gasteiger partial charge in [0.15, 0.2) is 0 Å². The van der Waals surface area contributed by atoms with E-state index in [1.54, 1.807) is 11.3 Å². The number of hydrogen-bond donors (Lipinski definition) is 2. The van der Waals surface area contributed by atoms with E-state index in [0.29, 0.717) is 17.9 Å². The van der Waals surface area contributed by atoms with Gasteiger partial charge in [-0.2, -0.15) is 5.26 Å². The van der Waals surface area contributed by atoms with E-state index in [-0.39, 0.29) is 11.9 Å². The molecular formula is C23H20N4O2S. The summed E-state index contributed by atoms with van der Waals surface area (Å²) >= 11 is 1.59. The summed E-state index contributed by atoms with van der Waals surface area (Å²) in [6, 6.07) is 14.2. The molecule has 150 valence electrons. The van der Waals surface area contributed by atoms with E-state index >= 15 is 0 Å². The van der Waals surface area contributed by atoms with Gasteiger partial charge in [-0.1, -0.05) is 0 Å². The average Bonchev–Trinajstić information content (AvgIpc) is 3.34. The van der Waals surface area contributed by atoms with Gasteiger partial charge in [-0.3, -0.25) is 4.79 Å². The Bertz CT molecular complexity index is 1360. The normalized spacial score (nSPS) is 16.6.